The lowest BCUT2D eigenvalue weighted by Crippen LogP contribution is -2.57. The van der Waals surface area contributed by atoms with Gasteiger partial charge in [-0.2, -0.15) is 16.9 Å². The maximum absolute atomic E-state index is 14.4. The summed E-state index contributed by atoms with van der Waals surface area (Å²) >= 11 is 3.25. The van der Waals surface area contributed by atoms with Crippen LogP contribution in [-0.2, 0) is 33.6 Å². The number of nitrogens with one attached hydrogen (secondary N) is 2. The van der Waals surface area contributed by atoms with Gasteiger partial charge in [-0.3, -0.25) is 15.0 Å². The largest absolute Gasteiger partial charge is 0.481 e. The van der Waals surface area contributed by atoms with E-state index in [2.05, 4.69) is 10.5 Å². The summed E-state index contributed by atoms with van der Waals surface area (Å²) in [5.74, 6) is -4.10. The molecule has 0 aliphatic heterocycles. The third kappa shape index (κ3) is 14.5. The highest BCUT2D eigenvalue weighted by molar-refractivity contribution is 8.01. The van der Waals surface area contributed by atoms with Crippen molar-refractivity contribution in [3.63, 3.8) is 0 Å². The second kappa shape index (κ2) is 20.2. The molecule has 3 rings (SSSR count). The highest BCUT2D eigenvalue weighted by Crippen LogP contribution is 2.41. The van der Waals surface area contributed by atoms with Crippen molar-refractivity contribution in [3.8, 4) is 11.1 Å². The fraction of sp³-hybridized carbons (Fsp3) is 0.425. The Balaban J connectivity index is 2.32. The predicted molar refractivity (Wildman–Crippen MR) is 237 cm³/mol. The average molecular weight is 921 g/mol. The molecule has 1 aromatic heterocycles. The first-order valence-electron chi connectivity index (χ1n) is 18.5. The van der Waals surface area contributed by atoms with E-state index < -0.39 is 68.4 Å². The molecule has 5 N–H and O–H groups in total. The number of thiophene rings is 1. The average Bonchev–Trinajstić information content (AvgIpc) is 3.53. The Morgan fingerprint density at radius 1 is 0.951 bits per heavy atom. The number of carbonyl (C=O) groups excluding carboxylic acids is 4. The van der Waals surface area contributed by atoms with Gasteiger partial charge in [0.2, 0.25) is 15.8 Å². The zero-order valence-electron chi connectivity index (χ0n) is 35.8. The minimum absolute atomic E-state index is 0.0135. The number of nitrogens with two attached hydrogens (primary N) is 1. The van der Waals surface area contributed by atoms with Crippen molar-refractivity contribution >= 4 is 92.6 Å². The Morgan fingerprint density at radius 2 is 1.57 bits per heavy atom. The van der Waals surface area contributed by atoms with Gasteiger partial charge in [0.25, 0.3) is 5.91 Å². The Hall–Kier alpha value is -5.12. The normalized spacial score (nSPS) is 12.1. The number of sulfone groups is 1. The zero-order chi connectivity index (χ0) is 46.2. The molecule has 1 heterocycles. The Morgan fingerprint density at radius 3 is 2.13 bits per heavy atom. The number of ether oxygens (including phenoxy) is 3. The summed E-state index contributed by atoms with van der Waals surface area (Å²) in [5.41, 5.74) is 5.91. The number of aliphatic carboxylic acids is 1. The lowest BCUT2D eigenvalue weighted by molar-refractivity contribution is -0.136. The number of hydrogen-bond donors (Lipinski definition) is 4. The van der Waals surface area contributed by atoms with Crippen molar-refractivity contribution < 1.29 is 51.7 Å². The molecule has 0 saturated heterocycles. The molecule has 61 heavy (non-hydrogen) atoms. The first-order chi connectivity index (χ1) is 28.0. The number of guanidine groups is 1. The summed E-state index contributed by atoms with van der Waals surface area (Å²) < 4.78 is 45.7. The number of aryl methyl sites for hydroxylation is 1. The van der Waals surface area contributed by atoms with E-state index in [9.17, 15) is 37.5 Å². The van der Waals surface area contributed by atoms with Crippen molar-refractivity contribution in [1.82, 2.24) is 10.4 Å². The number of anilines is 1. The van der Waals surface area contributed by atoms with Crippen molar-refractivity contribution in [2.24, 2.45) is 10.8 Å². The molecule has 3 aromatic rings. The predicted octanol–water partition coefficient (Wildman–Crippen LogP) is 7.68. The van der Waals surface area contributed by atoms with Crippen LogP contribution in [0.1, 0.15) is 89.5 Å². The minimum Gasteiger partial charge on any atom is -0.481 e. The van der Waals surface area contributed by atoms with E-state index in [-0.39, 0.29) is 44.3 Å². The Kier molecular flexibility index (Phi) is 16.6. The molecule has 0 aliphatic carbocycles. The maximum Gasteiger partial charge on any atom is 0.437 e. The van der Waals surface area contributed by atoms with E-state index in [1.54, 1.807) is 81.6 Å². The molecule has 17 nitrogen and oxygen atoms in total. The number of esters is 1. The van der Waals surface area contributed by atoms with Gasteiger partial charge in [0.1, 0.15) is 16.8 Å². The van der Waals surface area contributed by atoms with Crippen LogP contribution in [-0.4, -0.2) is 95.3 Å². The smallest absolute Gasteiger partial charge is 0.437 e. The van der Waals surface area contributed by atoms with Crippen molar-refractivity contribution in [1.29, 1.82) is 5.41 Å². The van der Waals surface area contributed by atoms with E-state index in [0.717, 1.165) is 28.1 Å². The second-order valence-corrected chi connectivity index (χ2v) is 21.4. The first-order valence-corrected chi connectivity index (χ1v) is 23.2. The van der Waals surface area contributed by atoms with Crippen LogP contribution in [0.5, 0.6) is 0 Å². The zero-order valence-corrected chi connectivity index (χ0v) is 39.1. The van der Waals surface area contributed by atoms with E-state index >= 15 is 0 Å². The molecular formula is C40H52N6O11S4. The Bertz CT molecular complexity index is 2310. The molecule has 0 atom stereocenters. The van der Waals surface area contributed by atoms with Gasteiger partial charge in [0.15, 0.2) is 0 Å². The van der Waals surface area contributed by atoms with Crippen LogP contribution in [0.2, 0.25) is 0 Å². The first kappa shape index (κ1) is 50.2. The van der Waals surface area contributed by atoms with E-state index in [1.165, 1.54) is 54.4 Å². The highest BCUT2D eigenvalue weighted by atomic mass is 32.2. The summed E-state index contributed by atoms with van der Waals surface area (Å²) in [7, 11) is -4.28. The number of benzene rings is 2. The molecule has 3 amide bonds. The third-order valence-corrected chi connectivity index (χ3v) is 12.6. The van der Waals surface area contributed by atoms with Gasteiger partial charge >= 0.3 is 24.1 Å². The molecule has 332 valence electrons. The number of hydrogen-bond acceptors (Lipinski definition) is 15. The number of hydrazine groups is 1. The standard InChI is InChI=1S/C40H52N6O11S4/c1-23-17-25(33(50)55-38(2,3)4)19-28(45(30(47)22-59-16-15-31(48)49)46(35(41)42)37(52)57-40(8,9)10)32(23)24-13-12-14-27(18-24)61(53,54)29-20-26(60-34(29)58-11)21-43-44-36(51)56-39(5,6)7/h12-14,17-21H,15-16,22H2,1-11H3,(H3,41,42)(H,44,51)(H,48,49). The quantitative estimate of drug-likeness (QED) is 0.0244. The molecule has 0 spiro atoms. The molecule has 0 aliphatic rings. The molecule has 0 unspecified atom stereocenters. The SMILES string of the molecule is CSc1sc(C=NNC(=O)OC(C)(C)C)cc1S(=O)(=O)c1cccc(-c2c(C)cc(C(=O)OC(C)(C)C)cc2N(C(=O)CSCCC(=O)O)N(C(=N)N)C(=O)OC(C)(C)C)c1. The number of hydrazone groups is 1. The third-order valence-electron chi connectivity index (χ3n) is 7.43. The topological polar surface area (TPSA) is 248 Å². The molecular weight excluding hydrogens is 869 g/mol. The van der Waals surface area contributed by atoms with Crippen molar-refractivity contribution in [3.05, 3.63) is 58.5 Å². The summed E-state index contributed by atoms with van der Waals surface area (Å²) in [6.45, 7) is 16.4. The lowest BCUT2D eigenvalue weighted by Gasteiger charge is -2.36. The number of amides is 3. The Labute approximate surface area is 368 Å². The van der Waals surface area contributed by atoms with Gasteiger partial charge in [-0.05, 0) is 117 Å². The molecule has 0 bridgehead atoms. The molecule has 0 saturated carbocycles. The molecule has 0 radical (unpaired) electrons. The van der Waals surface area contributed by atoms with Crippen LogP contribution in [0.3, 0.4) is 0 Å². The van der Waals surface area contributed by atoms with Crippen molar-refractivity contribution in [2.45, 2.75) is 106 Å². The van der Waals surface area contributed by atoms with E-state index in [0.29, 0.717) is 19.7 Å². The minimum atomic E-state index is -4.28. The number of thioether (sulfide) groups is 2. The fourth-order valence-electron chi connectivity index (χ4n) is 5.26. The van der Waals surface area contributed by atoms with Crippen LogP contribution < -0.4 is 16.2 Å². The number of carbonyl (C=O) groups is 5. The van der Waals surface area contributed by atoms with Crippen LogP contribution in [0.4, 0.5) is 15.3 Å². The fourth-order valence-corrected chi connectivity index (χ4v) is 9.96. The molecule has 2 aromatic carbocycles. The number of carboxylic acids is 1. The second-order valence-electron chi connectivity index (χ2n) is 16.2. The number of nitrogens with zero attached hydrogens (tertiary/aromatic N) is 3. The van der Waals surface area contributed by atoms with Crippen LogP contribution >= 0.6 is 34.9 Å². The maximum atomic E-state index is 14.4. The number of carboxylic acid groups (broad SMARTS) is 1. The van der Waals surface area contributed by atoms with E-state index in [1.807, 2.05) is 0 Å². The highest BCUT2D eigenvalue weighted by Gasteiger charge is 2.37. The van der Waals surface area contributed by atoms with E-state index in [4.69, 9.17) is 25.4 Å². The summed E-state index contributed by atoms with van der Waals surface area (Å²) in [6, 6.07) is 9.95. The summed E-state index contributed by atoms with van der Waals surface area (Å²) in [6.07, 6.45) is 0.704. The van der Waals surface area contributed by atoms with Gasteiger partial charge < -0.3 is 25.1 Å². The van der Waals surface area contributed by atoms with Gasteiger partial charge in [0, 0.05) is 16.2 Å². The van der Waals surface area contributed by atoms with Crippen molar-refractivity contribution in [2.75, 3.05) is 22.8 Å². The van der Waals surface area contributed by atoms with Crippen LogP contribution in [0.25, 0.3) is 11.1 Å². The number of rotatable bonds is 13. The van der Waals surface area contributed by atoms with Crippen LogP contribution in [0.15, 0.2) is 61.6 Å². The van der Waals surface area contributed by atoms with Gasteiger partial charge in [0.05, 0.1) is 43.6 Å². The van der Waals surface area contributed by atoms with Gasteiger partial charge in [-0.15, -0.1) is 28.1 Å². The molecule has 0 fully saturated rings. The summed E-state index contributed by atoms with van der Waals surface area (Å²) in [5, 5.41) is 22.8. The van der Waals surface area contributed by atoms with Gasteiger partial charge in [-0.1, -0.05) is 12.1 Å². The van der Waals surface area contributed by atoms with Gasteiger partial charge in [-0.25, -0.2) is 33.2 Å². The summed E-state index contributed by atoms with van der Waals surface area (Å²) in [4.78, 5) is 65.3. The monoisotopic (exact) mass is 920 g/mol. The lowest BCUT2D eigenvalue weighted by atomic mass is 9.95. The van der Waals surface area contributed by atoms with Crippen LogP contribution in [0, 0.1) is 12.3 Å². The molecule has 21 heteroatoms.